The molecule has 0 spiro atoms. The number of aromatic amines is 1. The van der Waals surface area contributed by atoms with Crippen LogP contribution in [0, 0.1) is 5.92 Å². The summed E-state index contributed by atoms with van der Waals surface area (Å²) in [5.74, 6) is 0.387. The molecule has 5 heteroatoms. The number of likely N-dealkylation sites (N-methyl/N-ethyl adjacent to an activating group) is 1. The summed E-state index contributed by atoms with van der Waals surface area (Å²) in [5, 5.41) is 1.62. The van der Waals surface area contributed by atoms with Crippen LogP contribution in [0.2, 0.25) is 5.02 Å². The molecule has 150 valence electrons. The molecular formula is C24H25ClN2O2. The number of aromatic nitrogens is 1. The first-order chi connectivity index (χ1) is 14.0. The van der Waals surface area contributed by atoms with E-state index in [1.807, 2.05) is 66.5 Å². The lowest BCUT2D eigenvalue weighted by molar-refractivity contribution is -0.132. The van der Waals surface area contributed by atoms with E-state index in [9.17, 15) is 9.59 Å². The van der Waals surface area contributed by atoms with Crippen molar-refractivity contribution >= 4 is 28.4 Å². The van der Waals surface area contributed by atoms with Gasteiger partial charge in [-0.15, -0.1) is 0 Å². The molecule has 1 unspecified atom stereocenters. The smallest absolute Gasteiger partial charge is 0.252 e. The molecule has 1 atom stereocenters. The Morgan fingerprint density at radius 3 is 2.55 bits per heavy atom. The normalized spacial score (nSPS) is 15.5. The highest BCUT2D eigenvalue weighted by Crippen LogP contribution is 2.39. The van der Waals surface area contributed by atoms with E-state index < -0.39 is 0 Å². The number of hydrogen-bond acceptors (Lipinski definition) is 2. The van der Waals surface area contributed by atoms with Gasteiger partial charge in [0.25, 0.3) is 5.56 Å². The summed E-state index contributed by atoms with van der Waals surface area (Å²) < 4.78 is 0. The standard InChI is InChI=1S/C24H25ClN2O2/c1-27(23(16-6-2-3-7-16)17-10-12-20(25)13-11-17)22(28)15-19-14-18-8-4-5-9-21(18)26-24(19)29/h4-5,8-14,16,23H,2-3,6-7,15H2,1H3,(H,26,29). The quantitative estimate of drug-likeness (QED) is 0.637. The Hall–Kier alpha value is -2.59. The molecule has 4 nitrogen and oxygen atoms in total. The number of carbonyl (C=O) groups excluding carboxylic acids is 1. The van der Waals surface area contributed by atoms with Crippen LogP contribution in [0.1, 0.15) is 42.9 Å². The van der Waals surface area contributed by atoms with Gasteiger partial charge in [0.05, 0.1) is 12.5 Å². The van der Waals surface area contributed by atoms with E-state index in [2.05, 4.69) is 4.98 Å². The van der Waals surface area contributed by atoms with Crippen molar-refractivity contribution in [1.82, 2.24) is 9.88 Å². The third-order valence-corrected chi connectivity index (χ3v) is 6.29. The number of hydrogen-bond donors (Lipinski definition) is 1. The number of carbonyl (C=O) groups is 1. The topological polar surface area (TPSA) is 53.2 Å². The van der Waals surface area contributed by atoms with Gasteiger partial charge in [-0.05, 0) is 54.0 Å². The molecule has 1 heterocycles. The summed E-state index contributed by atoms with van der Waals surface area (Å²) in [6.45, 7) is 0. The number of halogens is 1. The van der Waals surface area contributed by atoms with Crippen molar-refractivity contribution in [3.63, 3.8) is 0 Å². The highest BCUT2D eigenvalue weighted by atomic mass is 35.5. The van der Waals surface area contributed by atoms with Crippen LogP contribution in [-0.4, -0.2) is 22.8 Å². The summed E-state index contributed by atoms with van der Waals surface area (Å²) in [6.07, 6.45) is 4.71. The van der Waals surface area contributed by atoms with Crippen molar-refractivity contribution < 1.29 is 4.79 Å². The molecule has 0 bridgehead atoms. The summed E-state index contributed by atoms with van der Waals surface area (Å²) in [5.41, 5.74) is 2.19. The minimum Gasteiger partial charge on any atom is -0.338 e. The Morgan fingerprint density at radius 1 is 1.14 bits per heavy atom. The third-order valence-electron chi connectivity index (χ3n) is 6.04. The minimum absolute atomic E-state index is 0.00167. The number of benzene rings is 2. The molecule has 1 fully saturated rings. The van der Waals surface area contributed by atoms with E-state index in [1.54, 1.807) is 0 Å². The zero-order valence-electron chi connectivity index (χ0n) is 16.5. The Balaban J connectivity index is 1.61. The van der Waals surface area contributed by atoms with E-state index in [0.29, 0.717) is 16.5 Å². The Labute approximate surface area is 175 Å². The summed E-state index contributed by atoms with van der Waals surface area (Å²) in [4.78, 5) is 30.4. The van der Waals surface area contributed by atoms with Gasteiger partial charge in [-0.25, -0.2) is 0 Å². The number of amides is 1. The van der Waals surface area contributed by atoms with Crippen LogP contribution in [0.25, 0.3) is 10.9 Å². The van der Waals surface area contributed by atoms with Gasteiger partial charge in [0.1, 0.15) is 0 Å². The molecule has 0 aliphatic heterocycles. The minimum atomic E-state index is -0.200. The van der Waals surface area contributed by atoms with Crippen molar-refractivity contribution in [2.24, 2.45) is 5.92 Å². The molecule has 3 aromatic rings. The number of nitrogens with zero attached hydrogens (tertiary/aromatic N) is 1. The fraction of sp³-hybridized carbons (Fsp3) is 0.333. The predicted octanol–water partition coefficient (Wildman–Crippen LogP) is 5.11. The first kappa shape index (κ1) is 19.7. The molecule has 1 aliphatic rings. The van der Waals surface area contributed by atoms with Crippen LogP contribution in [0.15, 0.2) is 59.4 Å². The van der Waals surface area contributed by atoms with Crippen molar-refractivity contribution in [2.75, 3.05) is 7.05 Å². The van der Waals surface area contributed by atoms with Gasteiger partial charge in [0.2, 0.25) is 5.91 Å². The van der Waals surface area contributed by atoms with Gasteiger partial charge >= 0.3 is 0 Å². The molecule has 2 aromatic carbocycles. The number of H-pyrrole nitrogens is 1. The van der Waals surface area contributed by atoms with E-state index >= 15 is 0 Å². The SMILES string of the molecule is CN(C(=O)Cc1cc2ccccc2[nH]c1=O)C(c1ccc(Cl)cc1)C1CCCC1. The fourth-order valence-electron chi connectivity index (χ4n) is 4.51. The zero-order chi connectivity index (χ0) is 20.4. The summed E-state index contributed by atoms with van der Waals surface area (Å²) in [6, 6.07) is 17.2. The Morgan fingerprint density at radius 2 is 1.83 bits per heavy atom. The van der Waals surface area contributed by atoms with Crippen LogP contribution >= 0.6 is 11.6 Å². The van der Waals surface area contributed by atoms with Crippen LogP contribution in [0.3, 0.4) is 0 Å². The van der Waals surface area contributed by atoms with Crippen molar-refractivity contribution in [2.45, 2.75) is 38.1 Å². The number of rotatable bonds is 5. The maximum Gasteiger partial charge on any atom is 0.252 e. The maximum absolute atomic E-state index is 13.2. The highest BCUT2D eigenvalue weighted by molar-refractivity contribution is 6.30. The second-order valence-corrected chi connectivity index (χ2v) is 8.37. The monoisotopic (exact) mass is 408 g/mol. The second kappa shape index (κ2) is 8.42. The van der Waals surface area contributed by atoms with Crippen molar-refractivity contribution in [3.8, 4) is 0 Å². The lowest BCUT2D eigenvalue weighted by Crippen LogP contribution is -2.36. The van der Waals surface area contributed by atoms with Gasteiger partial charge in [0, 0.05) is 23.2 Å². The lowest BCUT2D eigenvalue weighted by atomic mass is 9.90. The molecule has 1 aromatic heterocycles. The zero-order valence-corrected chi connectivity index (χ0v) is 17.3. The average Bonchev–Trinajstić information content (AvgIpc) is 3.24. The number of pyridine rings is 1. The molecule has 0 saturated heterocycles. The van der Waals surface area contributed by atoms with Crippen LogP contribution in [0.5, 0.6) is 0 Å². The molecule has 1 aliphatic carbocycles. The Kier molecular flexibility index (Phi) is 5.72. The maximum atomic E-state index is 13.2. The van der Waals surface area contributed by atoms with Gasteiger partial charge in [0.15, 0.2) is 0 Å². The van der Waals surface area contributed by atoms with Gasteiger partial charge in [-0.1, -0.05) is 54.8 Å². The van der Waals surface area contributed by atoms with Gasteiger partial charge in [-0.2, -0.15) is 0 Å². The molecule has 1 N–H and O–H groups in total. The molecule has 0 radical (unpaired) electrons. The van der Waals surface area contributed by atoms with E-state index in [0.717, 1.165) is 29.3 Å². The first-order valence-electron chi connectivity index (χ1n) is 10.1. The second-order valence-electron chi connectivity index (χ2n) is 7.93. The van der Waals surface area contributed by atoms with E-state index in [1.165, 1.54) is 12.8 Å². The number of nitrogens with one attached hydrogen (secondary N) is 1. The predicted molar refractivity (Wildman–Crippen MR) is 117 cm³/mol. The molecule has 29 heavy (non-hydrogen) atoms. The van der Waals surface area contributed by atoms with E-state index in [4.69, 9.17) is 11.6 Å². The Bertz CT molecular complexity index is 1070. The first-order valence-corrected chi connectivity index (χ1v) is 10.5. The van der Waals surface area contributed by atoms with Crippen LogP contribution in [-0.2, 0) is 11.2 Å². The molecule has 1 amide bonds. The highest BCUT2D eigenvalue weighted by Gasteiger charge is 2.32. The lowest BCUT2D eigenvalue weighted by Gasteiger charge is -2.33. The number of para-hydroxylation sites is 1. The largest absolute Gasteiger partial charge is 0.338 e. The van der Waals surface area contributed by atoms with Crippen molar-refractivity contribution in [1.29, 1.82) is 0 Å². The van der Waals surface area contributed by atoms with Crippen LogP contribution in [0.4, 0.5) is 0 Å². The summed E-state index contributed by atoms with van der Waals surface area (Å²) in [7, 11) is 1.86. The van der Waals surface area contributed by atoms with Crippen molar-refractivity contribution in [3.05, 3.63) is 81.1 Å². The van der Waals surface area contributed by atoms with Gasteiger partial charge in [-0.3, -0.25) is 9.59 Å². The molecule has 1 saturated carbocycles. The fourth-order valence-corrected chi connectivity index (χ4v) is 4.64. The summed E-state index contributed by atoms with van der Waals surface area (Å²) >= 11 is 6.07. The number of fused-ring (bicyclic) bond motifs is 1. The van der Waals surface area contributed by atoms with Gasteiger partial charge < -0.3 is 9.88 Å². The molecular weight excluding hydrogens is 384 g/mol. The van der Waals surface area contributed by atoms with E-state index in [-0.39, 0.29) is 23.9 Å². The average molecular weight is 409 g/mol. The molecule has 4 rings (SSSR count). The van der Waals surface area contributed by atoms with Crippen LogP contribution < -0.4 is 5.56 Å². The third kappa shape index (κ3) is 4.23.